The van der Waals surface area contributed by atoms with E-state index in [9.17, 15) is 0 Å². The Bertz CT molecular complexity index is 212. The second-order valence-electron chi connectivity index (χ2n) is 5.62. The summed E-state index contributed by atoms with van der Waals surface area (Å²) in [5.41, 5.74) is 0.279. The van der Waals surface area contributed by atoms with Crippen molar-refractivity contribution in [3.05, 3.63) is 0 Å². The first kappa shape index (κ1) is 15.2. The minimum Gasteiger partial charge on any atom is -0.374 e. The van der Waals surface area contributed by atoms with Crippen molar-refractivity contribution in [3.63, 3.8) is 0 Å². The minimum absolute atomic E-state index is 0.279. The second kappa shape index (κ2) is 7.57. The van der Waals surface area contributed by atoms with Crippen LogP contribution in [-0.2, 0) is 4.74 Å². The molecule has 17 heavy (non-hydrogen) atoms. The molecule has 1 aliphatic heterocycles. The van der Waals surface area contributed by atoms with Crippen LogP contribution in [-0.4, -0.2) is 56.2 Å². The van der Waals surface area contributed by atoms with Crippen LogP contribution in [0, 0.1) is 5.41 Å². The summed E-state index contributed by atoms with van der Waals surface area (Å²) in [7, 11) is 0. The van der Waals surface area contributed by atoms with Crippen molar-refractivity contribution in [2.24, 2.45) is 5.41 Å². The number of likely N-dealkylation sites (N-methyl/N-ethyl adjacent to an activating group) is 1. The van der Waals surface area contributed by atoms with Gasteiger partial charge in [-0.3, -0.25) is 4.90 Å². The predicted molar refractivity (Wildman–Crippen MR) is 73.8 cm³/mol. The first-order valence-electron chi connectivity index (χ1n) is 6.68. The fraction of sp³-hybridized carbons (Fsp3) is 1.00. The van der Waals surface area contributed by atoms with Crippen LogP contribution in [0.4, 0.5) is 0 Å². The third-order valence-corrected chi connectivity index (χ3v) is 3.61. The van der Waals surface area contributed by atoms with Gasteiger partial charge in [0.1, 0.15) is 0 Å². The monoisotopic (exact) mass is 262 g/mol. The molecule has 0 aromatic rings. The Kier molecular flexibility index (Phi) is 6.78. The molecule has 0 radical (unpaired) electrons. The lowest BCUT2D eigenvalue weighted by Gasteiger charge is -2.33. The third-order valence-electron chi connectivity index (χ3n) is 3.42. The topological polar surface area (TPSA) is 24.5 Å². The van der Waals surface area contributed by atoms with Crippen LogP contribution in [0.3, 0.4) is 0 Å². The number of nitrogens with one attached hydrogen (secondary N) is 1. The number of ether oxygens (including phenoxy) is 1. The van der Waals surface area contributed by atoms with Crippen molar-refractivity contribution >= 4 is 11.6 Å². The van der Waals surface area contributed by atoms with Gasteiger partial charge in [0.15, 0.2) is 0 Å². The standard InChI is InChI=1S/C13H27ClN2O/c1-4-16-7-8-17-12(10-16)9-15-11-13(2,3)5-6-14/h12,15H,4-11H2,1-3H3. The quantitative estimate of drug-likeness (QED) is 0.710. The van der Waals surface area contributed by atoms with E-state index in [-0.39, 0.29) is 5.41 Å². The molecule has 0 saturated carbocycles. The molecule has 0 aliphatic carbocycles. The van der Waals surface area contributed by atoms with Crippen LogP contribution in [0.1, 0.15) is 27.2 Å². The van der Waals surface area contributed by atoms with Gasteiger partial charge in [-0.05, 0) is 18.4 Å². The van der Waals surface area contributed by atoms with Gasteiger partial charge in [-0.1, -0.05) is 20.8 Å². The highest BCUT2D eigenvalue weighted by Gasteiger charge is 2.21. The first-order chi connectivity index (χ1) is 8.07. The highest BCUT2D eigenvalue weighted by Crippen LogP contribution is 2.19. The Morgan fingerprint density at radius 3 is 2.88 bits per heavy atom. The van der Waals surface area contributed by atoms with Crippen LogP contribution >= 0.6 is 11.6 Å². The Hall–Kier alpha value is 0.170. The van der Waals surface area contributed by atoms with Gasteiger partial charge in [0, 0.05) is 32.1 Å². The van der Waals surface area contributed by atoms with Crippen molar-refractivity contribution in [3.8, 4) is 0 Å². The van der Waals surface area contributed by atoms with Gasteiger partial charge in [-0.2, -0.15) is 0 Å². The molecule has 1 fully saturated rings. The molecule has 102 valence electrons. The normalized spacial score (nSPS) is 22.9. The van der Waals surface area contributed by atoms with Crippen LogP contribution in [0.2, 0.25) is 0 Å². The molecule has 3 nitrogen and oxygen atoms in total. The smallest absolute Gasteiger partial charge is 0.0826 e. The van der Waals surface area contributed by atoms with Gasteiger partial charge < -0.3 is 10.1 Å². The molecule has 0 bridgehead atoms. The van der Waals surface area contributed by atoms with Gasteiger partial charge in [0.2, 0.25) is 0 Å². The number of hydrogen-bond acceptors (Lipinski definition) is 3. The van der Waals surface area contributed by atoms with Crippen molar-refractivity contribution in [2.45, 2.75) is 33.3 Å². The average Bonchev–Trinajstić information content (AvgIpc) is 2.29. The maximum Gasteiger partial charge on any atom is 0.0826 e. The molecule has 0 aromatic carbocycles. The summed E-state index contributed by atoms with van der Waals surface area (Å²) in [6, 6.07) is 0. The van der Waals surface area contributed by atoms with E-state index in [1.54, 1.807) is 0 Å². The van der Waals surface area contributed by atoms with E-state index >= 15 is 0 Å². The largest absolute Gasteiger partial charge is 0.374 e. The molecule has 0 spiro atoms. The minimum atomic E-state index is 0.279. The van der Waals surface area contributed by atoms with E-state index < -0.39 is 0 Å². The van der Waals surface area contributed by atoms with Gasteiger partial charge >= 0.3 is 0 Å². The van der Waals surface area contributed by atoms with Crippen molar-refractivity contribution in [1.82, 2.24) is 10.2 Å². The molecule has 1 atom stereocenters. The molecule has 1 aliphatic rings. The van der Waals surface area contributed by atoms with E-state index in [4.69, 9.17) is 16.3 Å². The molecule has 1 N–H and O–H groups in total. The lowest BCUT2D eigenvalue weighted by atomic mass is 9.90. The van der Waals surface area contributed by atoms with Crippen molar-refractivity contribution in [1.29, 1.82) is 0 Å². The fourth-order valence-electron chi connectivity index (χ4n) is 2.11. The average molecular weight is 263 g/mol. The summed E-state index contributed by atoms with van der Waals surface area (Å²) in [6.07, 6.45) is 1.39. The molecular weight excluding hydrogens is 236 g/mol. The van der Waals surface area contributed by atoms with E-state index in [0.717, 1.165) is 51.6 Å². The number of rotatable bonds is 7. The molecule has 1 unspecified atom stereocenters. The molecule has 1 heterocycles. The number of hydrogen-bond donors (Lipinski definition) is 1. The SMILES string of the molecule is CCN1CCOC(CNCC(C)(C)CCCl)C1. The summed E-state index contributed by atoms with van der Waals surface area (Å²) in [5.74, 6) is 0.734. The number of alkyl halides is 1. The molecular formula is C13H27ClN2O. The zero-order valence-corrected chi connectivity index (χ0v) is 12.2. The summed E-state index contributed by atoms with van der Waals surface area (Å²) in [4.78, 5) is 2.44. The van der Waals surface area contributed by atoms with E-state index in [1.807, 2.05) is 0 Å². The van der Waals surface area contributed by atoms with E-state index in [1.165, 1.54) is 0 Å². The summed E-state index contributed by atoms with van der Waals surface area (Å²) in [6.45, 7) is 12.8. The van der Waals surface area contributed by atoms with E-state index in [0.29, 0.717) is 6.10 Å². The lowest BCUT2D eigenvalue weighted by Crippen LogP contribution is -2.47. The van der Waals surface area contributed by atoms with Crippen molar-refractivity contribution < 1.29 is 4.74 Å². The highest BCUT2D eigenvalue weighted by atomic mass is 35.5. The Morgan fingerprint density at radius 2 is 2.24 bits per heavy atom. The van der Waals surface area contributed by atoms with Gasteiger partial charge in [0.25, 0.3) is 0 Å². The first-order valence-corrected chi connectivity index (χ1v) is 7.21. The second-order valence-corrected chi connectivity index (χ2v) is 6.00. The van der Waals surface area contributed by atoms with E-state index in [2.05, 4.69) is 31.0 Å². The maximum atomic E-state index is 5.79. The van der Waals surface area contributed by atoms with Gasteiger partial charge in [-0.25, -0.2) is 0 Å². The molecule has 1 saturated heterocycles. The number of morpholine rings is 1. The zero-order valence-electron chi connectivity index (χ0n) is 11.5. The number of halogens is 1. The Morgan fingerprint density at radius 1 is 1.47 bits per heavy atom. The van der Waals surface area contributed by atoms with Gasteiger partial charge in [0.05, 0.1) is 12.7 Å². The van der Waals surface area contributed by atoms with Crippen LogP contribution in [0.15, 0.2) is 0 Å². The van der Waals surface area contributed by atoms with Crippen molar-refractivity contribution in [2.75, 3.05) is 45.2 Å². The summed E-state index contributed by atoms with van der Waals surface area (Å²) in [5, 5.41) is 3.51. The molecule has 4 heteroatoms. The Labute approximate surface area is 111 Å². The predicted octanol–water partition coefficient (Wildman–Crippen LogP) is 1.95. The summed E-state index contributed by atoms with van der Waals surface area (Å²) >= 11 is 5.79. The number of nitrogens with zero attached hydrogens (tertiary/aromatic N) is 1. The molecule has 1 rings (SSSR count). The third kappa shape index (κ3) is 6.05. The van der Waals surface area contributed by atoms with Crippen LogP contribution in [0.5, 0.6) is 0 Å². The van der Waals surface area contributed by atoms with Crippen LogP contribution in [0.25, 0.3) is 0 Å². The zero-order chi connectivity index (χ0) is 12.7. The summed E-state index contributed by atoms with van der Waals surface area (Å²) < 4.78 is 5.75. The van der Waals surface area contributed by atoms with Gasteiger partial charge in [-0.15, -0.1) is 11.6 Å². The lowest BCUT2D eigenvalue weighted by molar-refractivity contribution is -0.0259. The highest BCUT2D eigenvalue weighted by molar-refractivity contribution is 6.17. The molecule has 0 amide bonds. The fourth-order valence-corrected chi connectivity index (χ4v) is 2.62. The maximum absolute atomic E-state index is 5.79. The Balaban J connectivity index is 2.17. The molecule has 0 aromatic heterocycles. The van der Waals surface area contributed by atoms with Crippen LogP contribution < -0.4 is 5.32 Å².